The van der Waals surface area contributed by atoms with E-state index in [-0.39, 0.29) is 30.9 Å². The first-order chi connectivity index (χ1) is 12.0. The van der Waals surface area contributed by atoms with Gasteiger partial charge in [-0.15, -0.1) is 0 Å². The van der Waals surface area contributed by atoms with E-state index >= 15 is 0 Å². The molecule has 1 heterocycles. The number of methoxy groups -OCH3 is 2. The molecule has 7 nitrogen and oxygen atoms in total. The maximum absolute atomic E-state index is 12.2. The van der Waals surface area contributed by atoms with Crippen LogP contribution in [0, 0.1) is 0 Å². The van der Waals surface area contributed by atoms with Gasteiger partial charge in [0.05, 0.1) is 27.3 Å². The number of rotatable bonds is 7. The number of likely N-dealkylation sites (N-methyl/N-ethyl adjacent to an activating group) is 1. The number of nitrogens with zero attached hydrogens (tertiary/aromatic N) is 2. The van der Waals surface area contributed by atoms with Crippen LogP contribution in [-0.4, -0.2) is 69.6 Å². The van der Waals surface area contributed by atoms with Gasteiger partial charge in [0.25, 0.3) is 0 Å². The fraction of sp³-hybridized carbons (Fsp3) is 0.556. The molecule has 0 aromatic heterocycles. The van der Waals surface area contributed by atoms with E-state index in [1.54, 1.807) is 28.3 Å². The van der Waals surface area contributed by atoms with Crippen LogP contribution in [0.3, 0.4) is 0 Å². The molecule has 2 amide bonds. The largest absolute Gasteiger partial charge is 0.497 e. The molecule has 1 aromatic rings. The van der Waals surface area contributed by atoms with E-state index in [2.05, 4.69) is 10.2 Å². The number of amides is 2. The number of benzene rings is 1. The minimum atomic E-state index is -0.144. The SMILES string of the molecule is COc1ccc([C@H]2CCCN2CC(=O)NCC(=O)N(C)C)c(OC)c1. The highest BCUT2D eigenvalue weighted by Gasteiger charge is 2.29. The van der Waals surface area contributed by atoms with Crippen LogP contribution in [0.25, 0.3) is 0 Å². The van der Waals surface area contributed by atoms with Crippen molar-refractivity contribution >= 4 is 11.8 Å². The van der Waals surface area contributed by atoms with Crippen LogP contribution in [0.2, 0.25) is 0 Å². The molecule has 0 unspecified atom stereocenters. The van der Waals surface area contributed by atoms with Gasteiger partial charge in [0.2, 0.25) is 11.8 Å². The van der Waals surface area contributed by atoms with Crippen LogP contribution >= 0.6 is 0 Å². The Bertz CT molecular complexity index is 618. The topological polar surface area (TPSA) is 71.1 Å². The summed E-state index contributed by atoms with van der Waals surface area (Å²) in [5.41, 5.74) is 1.05. The van der Waals surface area contributed by atoms with E-state index in [0.717, 1.165) is 36.4 Å². The Morgan fingerprint density at radius 2 is 2.04 bits per heavy atom. The monoisotopic (exact) mass is 349 g/mol. The molecule has 0 bridgehead atoms. The maximum Gasteiger partial charge on any atom is 0.241 e. The molecule has 0 aliphatic carbocycles. The van der Waals surface area contributed by atoms with Crippen molar-refractivity contribution in [3.8, 4) is 11.5 Å². The van der Waals surface area contributed by atoms with Crippen molar-refractivity contribution in [2.24, 2.45) is 0 Å². The Hall–Kier alpha value is -2.28. The van der Waals surface area contributed by atoms with E-state index in [0.29, 0.717) is 0 Å². The van der Waals surface area contributed by atoms with E-state index < -0.39 is 0 Å². The highest BCUT2D eigenvalue weighted by molar-refractivity contribution is 5.85. The third-order valence-corrected chi connectivity index (χ3v) is 4.45. The second-order valence-electron chi connectivity index (χ2n) is 6.30. The third-order valence-electron chi connectivity index (χ3n) is 4.45. The molecule has 1 fully saturated rings. The molecule has 1 saturated heterocycles. The zero-order valence-electron chi connectivity index (χ0n) is 15.4. The van der Waals surface area contributed by atoms with Crippen molar-refractivity contribution in [2.75, 3.05) is 47.9 Å². The molecule has 1 atom stereocenters. The Kier molecular flexibility index (Phi) is 6.64. The molecule has 138 valence electrons. The highest BCUT2D eigenvalue weighted by Crippen LogP contribution is 2.38. The summed E-state index contributed by atoms with van der Waals surface area (Å²) in [5.74, 6) is 1.24. The summed E-state index contributed by atoms with van der Waals surface area (Å²) in [6.07, 6.45) is 1.98. The zero-order valence-corrected chi connectivity index (χ0v) is 15.4. The first-order valence-corrected chi connectivity index (χ1v) is 8.39. The van der Waals surface area contributed by atoms with Crippen LogP contribution in [0.1, 0.15) is 24.4 Å². The number of carbonyl (C=O) groups is 2. The summed E-state index contributed by atoms with van der Waals surface area (Å²) < 4.78 is 10.7. The summed E-state index contributed by atoms with van der Waals surface area (Å²) >= 11 is 0. The molecule has 1 aromatic carbocycles. The van der Waals surface area contributed by atoms with Crippen molar-refractivity contribution in [2.45, 2.75) is 18.9 Å². The number of carbonyl (C=O) groups excluding carboxylic acids is 2. The Balaban J connectivity index is 2.03. The van der Waals surface area contributed by atoms with Crippen molar-refractivity contribution in [3.05, 3.63) is 23.8 Å². The predicted octanol–water partition coefficient (Wildman–Crippen LogP) is 1.05. The van der Waals surface area contributed by atoms with Crippen molar-refractivity contribution in [3.63, 3.8) is 0 Å². The summed E-state index contributed by atoms with van der Waals surface area (Å²) in [5, 5.41) is 2.69. The Morgan fingerprint density at radius 1 is 1.28 bits per heavy atom. The average molecular weight is 349 g/mol. The summed E-state index contributed by atoms with van der Waals surface area (Å²) in [6.45, 7) is 1.13. The number of hydrogen-bond acceptors (Lipinski definition) is 5. The van der Waals surface area contributed by atoms with Gasteiger partial charge in [-0.25, -0.2) is 0 Å². The maximum atomic E-state index is 12.2. The number of hydrogen-bond donors (Lipinski definition) is 1. The van der Waals surface area contributed by atoms with Gasteiger partial charge in [0, 0.05) is 31.8 Å². The van der Waals surface area contributed by atoms with Gasteiger partial charge in [-0.3, -0.25) is 14.5 Å². The second kappa shape index (κ2) is 8.71. The van der Waals surface area contributed by atoms with Crippen LogP contribution < -0.4 is 14.8 Å². The first-order valence-electron chi connectivity index (χ1n) is 8.39. The number of likely N-dealkylation sites (tertiary alicyclic amines) is 1. The molecular formula is C18H27N3O4. The quantitative estimate of drug-likeness (QED) is 0.797. The lowest BCUT2D eigenvalue weighted by atomic mass is 10.0. The van der Waals surface area contributed by atoms with E-state index in [9.17, 15) is 9.59 Å². The summed E-state index contributed by atoms with van der Waals surface area (Å²) in [7, 11) is 6.59. The minimum Gasteiger partial charge on any atom is -0.497 e. The summed E-state index contributed by atoms with van der Waals surface area (Å²) in [4.78, 5) is 27.4. The van der Waals surface area contributed by atoms with Gasteiger partial charge in [0.15, 0.2) is 0 Å². The molecule has 1 aliphatic heterocycles. The highest BCUT2D eigenvalue weighted by atomic mass is 16.5. The second-order valence-corrected chi connectivity index (χ2v) is 6.30. The first kappa shape index (κ1) is 19.1. The van der Waals surface area contributed by atoms with Gasteiger partial charge in [0.1, 0.15) is 11.5 Å². The average Bonchev–Trinajstić information content (AvgIpc) is 3.06. The van der Waals surface area contributed by atoms with E-state index in [1.165, 1.54) is 4.90 Å². The normalized spacial score (nSPS) is 17.2. The molecule has 1 N–H and O–H groups in total. The van der Waals surface area contributed by atoms with Crippen LogP contribution in [0.4, 0.5) is 0 Å². The fourth-order valence-corrected chi connectivity index (χ4v) is 3.03. The molecular weight excluding hydrogens is 322 g/mol. The lowest BCUT2D eigenvalue weighted by Gasteiger charge is -2.26. The molecule has 0 radical (unpaired) electrons. The van der Waals surface area contributed by atoms with Crippen molar-refractivity contribution in [1.29, 1.82) is 0 Å². The van der Waals surface area contributed by atoms with Gasteiger partial charge in [-0.1, -0.05) is 6.07 Å². The number of nitrogens with one attached hydrogen (secondary N) is 1. The molecule has 7 heteroatoms. The van der Waals surface area contributed by atoms with Crippen LogP contribution in [0.15, 0.2) is 18.2 Å². The standard InChI is InChI=1S/C18H27N3O4/c1-20(2)18(23)11-19-17(22)12-21-9-5-6-15(21)14-8-7-13(24-3)10-16(14)25-4/h7-8,10,15H,5-6,9,11-12H2,1-4H3,(H,19,22)/t15-/m1/s1. The number of ether oxygens (including phenoxy) is 2. The fourth-order valence-electron chi connectivity index (χ4n) is 3.03. The molecule has 0 spiro atoms. The van der Waals surface area contributed by atoms with Gasteiger partial charge >= 0.3 is 0 Å². The molecule has 25 heavy (non-hydrogen) atoms. The van der Waals surface area contributed by atoms with Gasteiger partial charge in [-0.05, 0) is 25.5 Å². The molecule has 2 rings (SSSR count). The van der Waals surface area contributed by atoms with E-state index in [1.807, 2.05) is 18.2 Å². The lowest BCUT2D eigenvalue weighted by Crippen LogP contribution is -2.41. The van der Waals surface area contributed by atoms with Gasteiger partial charge in [-0.2, -0.15) is 0 Å². The Morgan fingerprint density at radius 3 is 2.68 bits per heavy atom. The van der Waals surface area contributed by atoms with Crippen LogP contribution in [-0.2, 0) is 9.59 Å². The third kappa shape index (κ3) is 4.85. The smallest absolute Gasteiger partial charge is 0.241 e. The Labute approximate surface area is 148 Å². The minimum absolute atomic E-state index is 0.0240. The molecule has 0 saturated carbocycles. The van der Waals surface area contributed by atoms with Crippen LogP contribution in [0.5, 0.6) is 11.5 Å². The molecule has 1 aliphatic rings. The van der Waals surface area contributed by atoms with Gasteiger partial charge < -0.3 is 19.7 Å². The zero-order chi connectivity index (χ0) is 18.4. The van der Waals surface area contributed by atoms with E-state index in [4.69, 9.17) is 9.47 Å². The van der Waals surface area contributed by atoms with Crippen molar-refractivity contribution in [1.82, 2.24) is 15.1 Å². The lowest BCUT2D eigenvalue weighted by molar-refractivity contribution is -0.131. The van der Waals surface area contributed by atoms with Crippen molar-refractivity contribution < 1.29 is 19.1 Å². The summed E-state index contributed by atoms with van der Waals surface area (Å²) in [6, 6.07) is 5.89. The predicted molar refractivity (Wildman–Crippen MR) is 94.8 cm³/mol.